The number of benzene rings is 1. The largest absolute Gasteiger partial charge is 0.416 e. The average molecular weight is 279 g/mol. The third-order valence-corrected chi connectivity index (χ3v) is 3.19. The van der Waals surface area contributed by atoms with Crippen LogP contribution in [0.1, 0.15) is 5.56 Å². The van der Waals surface area contributed by atoms with E-state index in [0.29, 0.717) is 6.42 Å². The Morgan fingerprint density at radius 1 is 1.20 bits per heavy atom. The van der Waals surface area contributed by atoms with E-state index in [1.807, 2.05) is 30.3 Å². The van der Waals surface area contributed by atoms with Crippen molar-refractivity contribution in [2.24, 2.45) is 5.10 Å². The van der Waals surface area contributed by atoms with E-state index >= 15 is 0 Å². The quantitative estimate of drug-likeness (QED) is 0.901. The zero-order valence-corrected chi connectivity index (χ0v) is 10.4. The minimum atomic E-state index is -4.36. The molecule has 0 aliphatic carbocycles. The Morgan fingerprint density at radius 2 is 1.95 bits per heavy atom. The number of hydrogen-bond acceptors (Lipinski definition) is 3. The number of allylic oxidation sites excluding steroid dienone is 2. The minimum absolute atomic E-state index is 0.550. The molecule has 0 saturated heterocycles. The summed E-state index contributed by atoms with van der Waals surface area (Å²) in [4.78, 5) is 0. The maximum atomic E-state index is 12.9. The van der Waals surface area contributed by atoms with E-state index < -0.39 is 17.9 Å². The van der Waals surface area contributed by atoms with E-state index in [2.05, 4.69) is 10.4 Å². The zero-order chi connectivity index (χ0) is 14.2. The second-order valence-electron chi connectivity index (χ2n) is 4.63. The number of fused-ring (bicyclic) bond motifs is 1. The lowest BCUT2D eigenvalue weighted by Gasteiger charge is -2.27. The molecule has 1 aromatic carbocycles. The normalized spacial score (nSPS) is 21.1. The lowest BCUT2D eigenvalue weighted by Crippen LogP contribution is -2.42. The van der Waals surface area contributed by atoms with Crippen LogP contribution in [-0.4, -0.2) is 23.6 Å². The van der Waals surface area contributed by atoms with Crippen LogP contribution in [-0.2, 0) is 6.42 Å². The van der Waals surface area contributed by atoms with Crippen molar-refractivity contribution in [2.75, 3.05) is 0 Å². The Bertz CT molecular complexity index is 587. The molecule has 0 spiro atoms. The van der Waals surface area contributed by atoms with Gasteiger partial charge in [0.15, 0.2) is 6.17 Å². The van der Waals surface area contributed by atoms with Gasteiger partial charge in [0, 0.05) is 24.5 Å². The first kappa shape index (κ1) is 12.8. The molecule has 1 N–H and O–H groups in total. The van der Waals surface area contributed by atoms with Crippen molar-refractivity contribution in [3.8, 4) is 0 Å². The minimum Gasteiger partial charge on any atom is -0.362 e. The summed E-state index contributed by atoms with van der Waals surface area (Å²) in [5.41, 5.74) is 1.12. The third kappa shape index (κ3) is 2.41. The van der Waals surface area contributed by atoms with Crippen LogP contribution >= 0.6 is 0 Å². The fourth-order valence-electron chi connectivity index (χ4n) is 2.28. The number of hydrogen-bond donors (Lipinski definition) is 1. The van der Waals surface area contributed by atoms with Crippen LogP contribution in [0.15, 0.2) is 59.0 Å². The number of alkyl halides is 3. The molecule has 2 aliphatic heterocycles. The molecule has 0 bridgehead atoms. The summed E-state index contributed by atoms with van der Waals surface area (Å²) in [6, 6.07) is 9.57. The molecule has 0 fully saturated rings. The van der Waals surface area contributed by atoms with Gasteiger partial charge in [0.05, 0.1) is 5.57 Å². The van der Waals surface area contributed by atoms with E-state index in [-0.39, 0.29) is 0 Å². The summed E-state index contributed by atoms with van der Waals surface area (Å²) in [5, 5.41) is 8.13. The highest BCUT2D eigenvalue weighted by Gasteiger charge is 2.43. The van der Waals surface area contributed by atoms with E-state index in [0.717, 1.165) is 17.3 Å². The van der Waals surface area contributed by atoms with Gasteiger partial charge in [-0.05, 0) is 11.6 Å². The molecule has 2 aliphatic rings. The molecule has 2 heterocycles. The number of halogens is 3. The smallest absolute Gasteiger partial charge is 0.362 e. The Balaban J connectivity index is 1.77. The second-order valence-corrected chi connectivity index (χ2v) is 4.63. The predicted molar refractivity (Wildman–Crippen MR) is 69.6 cm³/mol. The molecule has 0 aromatic heterocycles. The van der Waals surface area contributed by atoms with Crippen LogP contribution in [0.25, 0.3) is 0 Å². The zero-order valence-electron chi connectivity index (χ0n) is 10.4. The van der Waals surface area contributed by atoms with Crippen molar-refractivity contribution in [3.63, 3.8) is 0 Å². The molecule has 3 rings (SSSR count). The highest BCUT2D eigenvalue weighted by molar-refractivity contribution is 5.74. The van der Waals surface area contributed by atoms with E-state index in [4.69, 9.17) is 0 Å². The average Bonchev–Trinajstić information content (AvgIpc) is 2.80. The fraction of sp³-hybridized carbons (Fsp3) is 0.214. The van der Waals surface area contributed by atoms with Crippen molar-refractivity contribution in [1.82, 2.24) is 10.3 Å². The number of rotatable bonds is 2. The molecule has 20 heavy (non-hydrogen) atoms. The molecular weight excluding hydrogens is 267 g/mol. The van der Waals surface area contributed by atoms with E-state index in [1.54, 1.807) is 6.20 Å². The van der Waals surface area contributed by atoms with Crippen LogP contribution in [0.4, 0.5) is 13.2 Å². The molecule has 0 saturated carbocycles. The topological polar surface area (TPSA) is 27.6 Å². The summed E-state index contributed by atoms with van der Waals surface area (Å²) in [5.74, 6) is 0. The van der Waals surface area contributed by atoms with Crippen LogP contribution in [0, 0.1) is 0 Å². The van der Waals surface area contributed by atoms with Crippen LogP contribution < -0.4 is 5.32 Å². The Kier molecular flexibility index (Phi) is 3.00. The summed E-state index contributed by atoms with van der Waals surface area (Å²) in [6.45, 7) is 0. The van der Waals surface area contributed by atoms with Crippen molar-refractivity contribution in [2.45, 2.75) is 18.8 Å². The second kappa shape index (κ2) is 4.70. The molecular formula is C14H12F3N3. The van der Waals surface area contributed by atoms with Crippen molar-refractivity contribution >= 4 is 6.21 Å². The highest BCUT2D eigenvalue weighted by atomic mass is 19.4. The van der Waals surface area contributed by atoms with Gasteiger partial charge in [-0.2, -0.15) is 18.3 Å². The lowest BCUT2D eigenvalue weighted by atomic mass is 10.1. The predicted octanol–water partition coefficient (Wildman–Crippen LogP) is 2.79. The number of nitrogens with zero attached hydrogens (tertiary/aromatic N) is 2. The van der Waals surface area contributed by atoms with Gasteiger partial charge in [0.25, 0.3) is 0 Å². The van der Waals surface area contributed by atoms with Gasteiger partial charge < -0.3 is 5.32 Å². The molecule has 0 radical (unpaired) electrons. The van der Waals surface area contributed by atoms with Gasteiger partial charge in [-0.15, -0.1) is 0 Å². The Hall–Kier alpha value is -2.24. The standard InChI is InChI=1S/C14H12F3N3/c15-14(16,17)12-6-7-18-20-9-11(19-13(12)20)8-10-4-2-1-3-5-10/h1-7,9,13,19H,8H2. The molecule has 1 aromatic rings. The Morgan fingerprint density at radius 3 is 2.65 bits per heavy atom. The first-order chi connectivity index (χ1) is 9.54. The highest BCUT2D eigenvalue weighted by Crippen LogP contribution is 2.33. The SMILES string of the molecule is FC(F)(F)C1=CC=NN2C=C(Cc3ccccc3)NC12. The van der Waals surface area contributed by atoms with E-state index in [1.165, 1.54) is 11.2 Å². The molecule has 1 atom stereocenters. The van der Waals surface area contributed by atoms with Crippen molar-refractivity contribution in [3.05, 3.63) is 59.4 Å². The van der Waals surface area contributed by atoms with Gasteiger partial charge in [-0.3, -0.25) is 0 Å². The van der Waals surface area contributed by atoms with Gasteiger partial charge in [0.2, 0.25) is 0 Å². The van der Waals surface area contributed by atoms with Gasteiger partial charge >= 0.3 is 6.18 Å². The van der Waals surface area contributed by atoms with E-state index in [9.17, 15) is 13.2 Å². The summed E-state index contributed by atoms with van der Waals surface area (Å²) in [7, 11) is 0. The van der Waals surface area contributed by atoms with Gasteiger partial charge in [-0.1, -0.05) is 30.3 Å². The summed E-state index contributed by atoms with van der Waals surface area (Å²) in [6.07, 6.45) is -0.977. The molecule has 3 nitrogen and oxygen atoms in total. The molecule has 1 unspecified atom stereocenters. The van der Waals surface area contributed by atoms with Gasteiger partial charge in [0.1, 0.15) is 0 Å². The summed E-state index contributed by atoms with van der Waals surface area (Å²) < 4.78 is 38.7. The third-order valence-electron chi connectivity index (χ3n) is 3.19. The van der Waals surface area contributed by atoms with Crippen LogP contribution in [0.3, 0.4) is 0 Å². The number of nitrogens with one attached hydrogen (secondary N) is 1. The number of hydrazone groups is 1. The maximum Gasteiger partial charge on any atom is 0.416 e. The van der Waals surface area contributed by atoms with Gasteiger partial charge in [-0.25, -0.2) is 5.01 Å². The first-order valence-electron chi connectivity index (χ1n) is 6.15. The summed E-state index contributed by atoms with van der Waals surface area (Å²) >= 11 is 0. The monoisotopic (exact) mass is 279 g/mol. The van der Waals surface area contributed by atoms with Crippen molar-refractivity contribution in [1.29, 1.82) is 0 Å². The van der Waals surface area contributed by atoms with Crippen molar-refractivity contribution < 1.29 is 13.2 Å². The molecule has 104 valence electrons. The molecule has 6 heteroatoms. The lowest BCUT2D eigenvalue weighted by molar-refractivity contribution is -0.101. The first-order valence-corrected chi connectivity index (χ1v) is 6.15. The fourth-order valence-corrected chi connectivity index (χ4v) is 2.28. The maximum absolute atomic E-state index is 12.9. The Labute approximate surface area is 114 Å². The molecule has 0 amide bonds. The van der Waals surface area contributed by atoms with Crippen LogP contribution in [0.5, 0.6) is 0 Å². The van der Waals surface area contributed by atoms with Crippen LogP contribution in [0.2, 0.25) is 0 Å².